The van der Waals surface area contributed by atoms with E-state index >= 15 is 0 Å². The summed E-state index contributed by atoms with van der Waals surface area (Å²) < 4.78 is 9.06. The first kappa shape index (κ1) is 16.9. The zero-order chi connectivity index (χ0) is 14.7. The Morgan fingerprint density at radius 1 is 0.684 bits per heavy atom. The molecule has 0 rings (SSSR count). The van der Waals surface area contributed by atoms with Crippen LogP contribution in [-0.4, -0.2) is 40.9 Å². The van der Waals surface area contributed by atoms with Crippen LogP contribution < -0.4 is 0 Å². The number of ether oxygens (including phenoxy) is 2. The fourth-order valence-corrected chi connectivity index (χ4v) is 1.07. The average molecular weight is 276 g/mol. The fourth-order valence-electron chi connectivity index (χ4n) is 1.07. The van der Waals surface area contributed by atoms with Crippen molar-refractivity contribution in [2.75, 3.05) is 6.79 Å². The van der Waals surface area contributed by atoms with E-state index in [-0.39, 0.29) is 38.5 Å². The van der Waals surface area contributed by atoms with Crippen molar-refractivity contribution in [1.29, 1.82) is 0 Å². The summed E-state index contributed by atoms with van der Waals surface area (Å²) in [6.45, 7) is -0.544. The number of carboxylic acids is 2. The van der Waals surface area contributed by atoms with Crippen molar-refractivity contribution in [3.8, 4) is 0 Å². The molecule has 0 aromatic carbocycles. The topological polar surface area (TPSA) is 127 Å². The van der Waals surface area contributed by atoms with E-state index in [1.54, 1.807) is 0 Å². The van der Waals surface area contributed by atoms with Gasteiger partial charge in [-0.15, -0.1) is 0 Å². The molecule has 0 saturated heterocycles. The van der Waals surface area contributed by atoms with Gasteiger partial charge in [0.05, 0.1) is 0 Å². The number of hydrogen-bond acceptors (Lipinski definition) is 6. The average Bonchev–Trinajstić information content (AvgIpc) is 2.27. The van der Waals surface area contributed by atoms with Crippen molar-refractivity contribution in [3.05, 3.63) is 0 Å². The van der Waals surface area contributed by atoms with E-state index in [0.29, 0.717) is 0 Å². The third-order valence-electron chi connectivity index (χ3n) is 1.98. The van der Waals surface area contributed by atoms with Gasteiger partial charge in [0.2, 0.25) is 6.79 Å². The van der Waals surface area contributed by atoms with Crippen molar-refractivity contribution in [3.63, 3.8) is 0 Å². The molecule has 0 aliphatic carbocycles. The van der Waals surface area contributed by atoms with E-state index < -0.39 is 30.7 Å². The van der Waals surface area contributed by atoms with Crippen LogP contribution in [0.3, 0.4) is 0 Å². The number of carbonyl (C=O) groups excluding carboxylic acids is 2. The molecule has 0 aliphatic rings. The quantitative estimate of drug-likeness (QED) is 0.437. The van der Waals surface area contributed by atoms with Gasteiger partial charge in [0.1, 0.15) is 0 Å². The molecule has 0 spiro atoms. The molecule has 8 nitrogen and oxygen atoms in total. The van der Waals surface area contributed by atoms with Crippen molar-refractivity contribution < 1.29 is 38.9 Å². The van der Waals surface area contributed by atoms with Crippen molar-refractivity contribution in [1.82, 2.24) is 0 Å². The Morgan fingerprint density at radius 3 is 1.37 bits per heavy atom. The summed E-state index contributed by atoms with van der Waals surface area (Å²) in [6, 6.07) is 0. The summed E-state index contributed by atoms with van der Waals surface area (Å²) in [5.41, 5.74) is 0. The molecule has 0 aromatic heterocycles. The van der Waals surface area contributed by atoms with Gasteiger partial charge in [-0.05, 0) is 12.8 Å². The first-order chi connectivity index (χ1) is 8.91. The fraction of sp³-hybridized carbons (Fsp3) is 0.636. The van der Waals surface area contributed by atoms with Gasteiger partial charge in [-0.25, -0.2) is 0 Å². The number of aliphatic carboxylic acids is 2. The van der Waals surface area contributed by atoms with Crippen LogP contribution in [0.4, 0.5) is 0 Å². The summed E-state index contributed by atoms with van der Waals surface area (Å²) in [7, 11) is 0. The monoisotopic (exact) mass is 276 g/mol. The van der Waals surface area contributed by atoms with E-state index in [0.717, 1.165) is 0 Å². The molecule has 0 aliphatic heterocycles. The van der Waals surface area contributed by atoms with Crippen LogP contribution in [0.5, 0.6) is 0 Å². The maximum atomic E-state index is 11.0. The van der Waals surface area contributed by atoms with E-state index in [2.05, 4.69) is 9.47 Å². The van der Waals surface area contributed by atoms with E-state index in [1.165, 1.54) is 0 Å². The second-order valence-electron chi connectivity index (χ2n) is 3.65. The second kappa shape index (κ2) is 9.86. The Labute approximate surface area is 109 Å². The Hall–Kier alpha value is -2.12. The molecule has 0 atom stereocenters. The molecule has 0 bridgehead atoms. The highest BCUT2D eigenvalue weighted by molar-refractivity contribution is 5.72. The van der Waals surface area contributed by atoms with E-state index in [1.807, 2.05) is 0 Å². The molecule has 0 unspecified atom stereocenters. The predicted molar refractivity (Wildman–Crippen MR) is 60.0 cm³/mol. The van der Waals surface area contributed by atoms with Gasteiger partial charge in [-0.2, -0.15) is 0 Å². The number of carboxylic acid groups (broad SMARTS) is 2. The zero-order valence-corrected chi connectivity index (χ0v) is 10.3. The molecule has 0 amide bonds. The Kier molecular flexibility index (Phi) is 8.76. The molecule has 2 N–H and O–H groups in total. The summed E-state index contributed by atoms with van der Waals surface area (Å²) in [5, 5.41) is 16.7. The number of carbonyl (C=O) groups is 4. The zero-order valence-electron chi connectivity index (χ0n) is 10.3. The normalized spacial score (nSPS) is 9.68. The lowest BCUT2D eigenvalue weighted by molar-refractivity contribution is -0.167. The third-order valence-corrected chi connectivity index (χ3v) is 1.98. The molecule has 0 fully saturated rings. The highest BCUT2D eigenvalue weighted by atomic mass is 16.7. The van der Waals surface area contributed by atoms with Gasteiger partial charge in [-0.3, -0.25) is 19.2 Å². The third kappa shape index (κ3) is 12.1. The summed E-state index contributed by atoms with van der Waals surface area (Å²) in [5.74, 6) is -3.31. The maximum Gasteiger partial charge on any atom is 0.308 e. The second-order valence-corrected chi connectivity index (χ2v) is 3.65. The SMILES string of the molecule is O=C(O)CCCC(=O)OCOC(=O)CCCC(=O)O. The highest BCUT2D eigenvalue weighted by Gasteiger charge is 2.08. The summed E-state index contributed by atoms with van der Waals surface area (Å²) >= 11 is 0. The lowest BCUT2D eigenvalue weighted by atomic mass is 10.2. The lowest BCUT2D eigenvalue weighted by Crippen LogP contribution is -2.13. The van der Waals surface area contributed by atoms with Gasteiger partial charge in [0.25, 0.3) is 0 Å². The molecule has 8 heteroatoms. The Bertz CT molecular complexity index is 304. The summed E-state index contributed by atoms with van der Waals surface area (Å²) in [6.07, 6.45) is -0.0959. The smallest absolute Gasteiger partial charge is 0.308 e. The molecular formula is C11H16O8. The first-order valence-electron chi connectivity index (χ1n) is 5.66. The maximum absolute atomic E-state index is 11.0. The number of rotatable bonds is 10. The predicted octanol–water partition coefficient (Wildman–Crippen LogP) is 0.540. The first-order valence-corrected chi connectivity index (χ1v) is 5.66. The van der Waals surface area contributed by atoms with Crippen LogP contribution in [0.25, 0.3) is 0 Å². The van der Waals surface area contributed by atoms with E-state index in [9.17, 15) is 19.2 Å². The molecule has 19 heavy (non-hydrogen) atoms. The minimum atomic E-state index is -1.00. The van der Waals surface area contributed by atoms with E-state index in [4.69, 9.17) is 10.2 Å². The molecular weight excluding hydrogens is 260 g/mol. The van der Waals surface area contributed by atoms with Gasteiger partial charge >= 0.3 is 23.9 Å². The van der Waals surface area contributed by atoms with Crippen LogP contribution in [0, 0.1) is 0 Å². The van der Waals surface area contributed by atoms with Gasteiger partial charge in [0, 0.05) is 25.7 Å². The molecule has 108 valence electrons. The molecule has 0 radical (unpaired) electrons. The molecule has 0 heterocycles. The Balaban J connectivity index is 3.50. The van der Waals surface area contributed by atoms with Crippen LogP contribution in [0.15, 0.2) is 0 Å². The van der Waals surface area contributed by atoms with Crippen molar-refractivity contribution in [2.45, 2.75) is 38.5 Å². The minimum absolute atomic E-state index is 0.0666. The largest absolute Gasteiger partial charge is 0.481 e. The van der Waals surface area contributed by atoms with Crippen LogP contribution in [0.2, 0.25) is 0 Å². The van der Waals surface area contributed by atoms with Gasteiger partial charge < -0.3 is 19.7 Å². The number of esters is 2. The lowest BCUT2D eigenvalue weighted by Gasteiger charge is -2.05. The van der Waals surface area contributed by atoms with Crippen LogP contribution >= 0.6 is 0 Å². The van der Waals surface area contributed by atoms with Crippen LogP contribution in [-0.2, 0) is 28.7 Å². The highest BCUT2D eigenvalue weighted by Crippen LogP contribution is 2.00. The van der Waals surface area contributed by atoms with Gasteiger partial charge in [0.15, 0.2) is 0 Å². The van der Waals surface area contributed by atoms with Gasteiger partial charge in [-0.1, -0.05) is 0 Å². The Morgan fingerprint density at radius 2 is 1.05 bits per heavy atom. The van der Waals surface area contributed by atoms with Crippen LogP contribution in [0.1, 0.15) is 38.5 Å². The standard InChI is InChI=1S/C11H16O8/c12-8(13)3-1-5-10(16)18-7-19-11(17)6-2-4-9(14)15/h1-7H2,(H,12,13)(H,14,15). The molecule has 0 saturated carbocycles. The number of hydrogen-bond donors (Lipinski definition) is 2. The minimum Gasteiger partial charge on any atom is -0.481 e. The van der Waals surface area contributed by atoms with Crippen molar-refractivity contribution >= 4 is 23.9 Å². The summed E-state index contributed by atoms with van der Waals surface area (Å²) in [4.78, 5) is 42.4. The van der Waals surface area contributed by atoms with Crippen molar-refractivity contribution in [2.24, 2.45) is 0 Å². The molecule has 0 aromatic rings.